The molecule has 4 heteroatoms. The predicted molar refractivity (Wildman–Crippen MR) is 79.6 cm³/mol. The Labute approximate surface area is 120 Å². The minimum atomic E-state index is -0.372. The van der Waals surface area contributed by atoms with Crippen molar-refractivity contribution in [1.29, 1.82) is 0 Å². The lowest BCUT2D eigenvalue weighted by Gasteiger charge is -2.03. The first-order valence-electron chi connectivity index (χ1n) is 6.06. The maximum atomic E-state index is 10.6. The van der Waals surface area contributed by atoms with Crippen LogP contribution >= 0.6 is 15.9 Å². The average molecular weight is 320 g/mol. The van der Waals surface area contributed by atoms with Gasteiger partial charge in [-0.2, -0.15) is 0 Å². The molecule has 19 heavy (non-hydrogen) atoms. The van der Waals surface area contributed by atoms with Gasteiger partial charge in [0.05, 0.1) is 4.92 Å². The number of nitro groups is 1. The molecule has 0 heterocycles. The van der Waals surface area contributed by atoms with Crippen molar-refractivity contribution >= 4 is 21.6 Å². The van der Waals surface area contributed by atoms with E-state index in [0.717, 1.165) is 23.7 Å². The van der Waals surface area contributed by atoms with Gasteiger partial charge in [-0.15, -0.1) is 0 Å². The maximum Gasteiger partial charge on any atom is 0.269 e. The van der Waals surface area contributed by atoms with Crippen LogP contribution in [0.5, 0.6) is 0 Å². The Morgan fingerprint density at radius 1 is 0.842 bits per heavy atom. The molecule has 3 nitrogen and oxygen atoms in total. The molecule has 0 N–H and O–H groups in total. The minimum Gasteiger partial charge on any atom is -0.258 e. The van der Waals surface area contributed by atoms with Gasteiger partial charge in [-0.25, -0.2) is 0 Å². The smallest absolute Gasteiger partial charge is 0.258 e. The van der Waals surface area contributed by atoms with E-state index in [-0.39, 0.29) is 10.6 Å². The third-order valence-electron chi connectivity index (χ3n) is 3.03. The van der Waals surface area contributed by atoms with E-state index < -0.39 is 0 Å². The first kappa shape index (κ1) is 13.7. The van der Waals surface area contributed by atoms with Gasteiger partial charge in [-0.1, -0.05) is 52.3 Å². The molecule has 0 unspecified atom stereocenters. The summed E-state index contributed by atoms with van der Waals surface area (Å²) in [6.07, 6.45) is 1.84. The number of aryl methyl sites for hydroxylation is 2. The Bertz CT molecular complexity index is 549. The largest absolute Gasteiger partial charge is 0.269 e. The van der Waals surface area contributed by atoms with Gasteiger partial charge in [0.25, 0.3) is 5.69 Å². The van der Waals surface area contributed by atoms with E-state index in [1.54, 1.807) is 12.1 Å². The number of benzene rings is 2. The topological polar surface area (TPSA) is 43.1 Å². The summed E-state index contributed by atoms with van der Waals surface area (Å²) in [6.45, 7) is 0. The van der Waals surface area contributed by atoms with E-state index in [1.165, 1.54) is 11.1 Å². The molecule has 0 aliphatic carbocycles. The highest BCUT2D eigenvalue weighted by atomic mass is 79.9. The molecule has 0 aliphatic rings. The Balaban J connectivity index is 1.95. The SMILES string of the molecule is O=[N+]([O-])c1ccc(CCc2ccc(CBr)cc2)cc1. The van der Waals surface area contributed by atoms with Gasteiger partial charge >= 0.3 is 0 Å². The number of alkyl halides is 1. The van der Waals surface area contributed by atoms with Crippen LogP contribution < -0.4 is 0 Å². The molecule has 0 atom stereocenters. The van der Waals surface area contributed by atoms with E-state index in [2.05, 4.69) is 40.2 Å². The molecule has 0 fully saturated rings. The van der Waals surface area contributed by atoms with Crippen molar-refractivity contribution in [2.75, 3.05) is 0 Å². The van der Waals surface area contributed by atoms with Crippen molar-refractivity contribution in [2.45, 2.75) is 18.2 Å². The van der Waals surface area contributed by atoms with E-state index in [1.807, 2.05) is 12.1 Å². The predicted octanol–water partition coefficient (Wildman–Crippen LogP) is 4.27. The molecule has 0 amide bonds. The van der Waals surface area contributed by atoms with Crippen LogP contribution in [0, 0.1) is 10.1 Å². The van der Waals surface area contributed by atoms with Gasteiger partial charge in [0, 0.05) is 17.5 Å². The number of hydrogen-bond acceptors (Lipinski definition) is 2. The molecule has 0 saturated carbocycles. The van der Waals surface area contributed by atoms with E-state index in [9.17, 15) is 10.1 Å². The lowest BCUT2D eigenvalue weighted by Crippen LogP contribution is -1.93. The highest BCUT2D eigenvalue weighted by Crippen LogP contribution is 2.14. The minimum absolute atomic E-state index is 0.144. The van der Waals surface area contributed by atoms with Crippen LogP contribution in [0.2, 0.25) is 0 Å². The fraction of sp³-hybridized carbons (Fsp3) is 0.200. The first-order valence-corrected chi connectivity index (χ1v) is 7.18. The fourth-order valence-electron chi connectivity index (χ4n) is 1.87. The summed E-state index contributed by atoms with van der Waals surface area (Å²) in [5, 5.41) is 11.4. The van der Waals surface area contributed by atoms with Crippen LogP contribution in [0.3, 0.4) is 0 Å². The molecule has 0 saturated heterocycles. The monoisotopic (exact) mass is 319 g/mol. The number of nitro benzene ring substituents is 1. The second-order valence-electron chi connectivity index (χ2n) is 4.37. The zero-order chi connectivity index (χ0) is 13.7. The van der Waals surface area contributed by atoms with Crippen LogP contribution in [-0.4, -0.2) is 4.92 Å². The van der Waals surface area contributed by atoms with Crippen LogP contribution in [0.4, 0.5) is 5.69 Å². The average Bonchev–Trinajstić information content (AvgIpc) is 2.46. The molecule has 2 aromatic carbocycles. The molecular weight excluding hydrogens is 306 g/mol. The van der Waals surface area contributed by atoms with Crippen LogP contribution in [0.15, 0.2) is 48.5 Å². The van der Waals surface area contributed by atoms with Gasteiger partial charge in [0.1, 0.15) is 0 Å². The van der Waals surface area contributed by atoms with Gasteiger partial charge < -0.3 is 0 Å². The second-order valence-corrected chi connectivity index (χ2v) is 4.93. The lowest BCUT2D eigenvalue weighted by molar-refractivity contribution is -0.384. The molecule has 98 valence electrons. The van der Waals surface area contributed by atoms with Gasteiger partial charge in [0.15, 0.2) is 0 Å². The summed E-state index contributed by atoms with van der Waals surface area (Å²) in [7, 11) is 0. The molecule has 0 radical (unpaired) electrons. The Morgan fingerprint density at radius 2 is 1.26 bits per heavy atom. The van der Waals surface area contributed by atoms with E-state index in [0.29, 0.717) is 0 Å². The van der Waals surface area contributed by atoms with Crippen LogP contribution in [-0.2, 0) is 18.2 Å². The summed E-state index contributed by atoms with van der Waals surface area (Å²) in [4.78, 5) is 10.2. The Morgan fingerprint density at radius 3 is 1.68 bits per heavy atom. The molecule has 2 rings (SSSR count). The Hall–Kier alpha value is -1.68. The number of nitrogens with zero attached hydrogens (tertiary/aromatic N) is 1. The quantitative estimate of drug-likeness (QED) is 0.469. The standard InChI is InChI=1S/C15H14BrNO2/c16-11-14-5-3-12(4-6-14)1-2-13-7-9-15(10-8-13)17(18)19/h3-10H,1-2,11H2. The van der Waals surface area contributed by atoms with Crippen molar-refractivity contribution in [2.24, 2.45) is 0 Å². The third kappa shape index (κ3) is 3.89. The van der Waals surface area contributed by atoms with E-state index >= 15 is 0 Å². The lowest BCUT2D eigenvalue weighted by atomic mass is 10.0. The van der Waals surface area contributed by atoms with Crippen LogP contribution in [0.25, 0.3) is 0 Å². The zero-order valence-corrected chi connectivity index (χ0v) is 12.0. The Kier molecular flexibility index (Phi) is 4.68. The number of rotatable bonds is 5. The maximum absolute atomic E-state index is 10.6. The molecule has 0 aromatic heterocycles. The van der Waals surface area contributed by atoms with Crippen molar-refractivity contribution in [3.05, 3.63) is 75.3 Å². The summed E-state index contributed by atoms with van der Waals surface area (Å²) in [6, 6.07) is 15.2. The van der Waals surface area contributed by atoms with Crippen molar-refractivity contribution in [3.8, 4) is 0 Å². The van der Waals surface area contributed by atoms with Crippen molar-refractivity contribution < 1.29 is 4.92 Å². The summed E-state index contributed by atoms with van der Waals surface area (Å²) < 4.78 is 0. The number of non-ortho nitro benzene ring substituents is 1. The fourth-order valence-corrected chi connectivity index (χ4v) is 2.24. The number of hydrogen-bond donors (Lipinski definition) is 0. The molecular formula is C15H14BrNO2. The number of halogens is 1. The van der Waals surface area contributed by atoms with Crippen LogP contribution in [0.1, 0.15) is 16.7 Å². The van der Waals surface area contributed by atoms with Gasteiger partial charge in [-0.05, 0) is 29.5 Å². The second kappa shape index (κ2) is 6.48. The zero-order valence-electron chi connectivity index (χ0n) is 10.4. The highest BCUT2D eigenvalue weighted by Gasteiger charge is 2.04. The molecule has 0 aliphatic heterocycles. The normalized spacial score (nSPS) is 10.4. The molecule has 2 aromatic rings. The third-order valence-corrected chi connectivity index (χ3v) is 3.67. The summed E-state index contributed by atoms with van der Waals surface area (Å²) >= 11 is 3.42. The first-order chi connectivity index (χ1) is 9.19. The van der Waals surface area contributed by atoms with E-state index in [4.69, 9.17) is 0 Å². The van der Waals surface area contributed by atoms with Gasteiger partial charge in [-0.3, -0.25) is 10.1 Å². The van der Waals surface area contributed by atoms with Crippen molar-refractivity contribution in [1.82, 2.24) is 0 Å². The molecule has 0 spiro atoms. The molecule has 0 bridgehead atoms. The summed E-state index contributed by atoms with van der Waals surface area (Å²) in [5.74, 6) is 0. The summed E-state index contributed by atoms with van der Waals surface area (Å²) in [5.41, 5.74) is 3.81. The van der Waals surface area contributed by atoms with Crippen molar-refractivity contribution in [3.63, 3.8) is 0 Å². The highest BCUT2D eigenvalue weighted by molar-refractivity contribution is 9.08. The van der Waals surface area contributed by atoms with Gasteiger partial charge in [0.2, 0.25) is 0 Å².